The maximum atomic E-state index is 13.2. The van der Waals surface area contributed by atoms with Crippen molar-refractivity contribution in [2.24, 2.45) is 0 Å². The van der Waals surface area contributed by atoms with Gasteiger partial charge in [-0.3, -0.25) is 13.9 Å². The number of ether oxygens (including phenoxy) is 1. The summed E-state index contributed by atoms with van der Waals surface area (Å²) in [5.41, 5.74) is -0.544. The minimum Gasteiger partial charge on any atom is -0.489 e. The van der Waals surface area contributed by atoms with Crippen molar-refractivity contribution in [1.29, 1.82) is 10.5 Å². The number of para-hydroxylation sites is 1. The van der Waals surface area contributed by atoms with E-state index in [-0.39, 0.29) is 28.3 Å². The van der Waals surface area contributed by atoms with Crippen molar-refractivity contribution in [3.63, 3.8) is 0 Å². The summed E-state index contributed by atoms with van der Waals surface area (Å²) in [4.78, 5) is 28.0. The normalized spacial score (nSPS) is 11.1. The molecule has 19 heteroatoms. The van der Waals surface area contributed by atoms with Gasteiger partial charge < -0.3 is 23.2 Å². The number of thioether (sulfide) groups is 1. The van der Waals surface area contributed by atoms with Gasteiger partial charge in [0, 0.05) is 5.56 Å². The molecule has 2 N–H and O–H groups in total. The Labute approximate surface area is 270 Å². The Morgan fingerprint density at radius 3 is 2.11 bits per heavy atom. The van der Waals surface area contributed by atoms with Crippen LogP contribution in [0.3, 0.4) is 0 Å². The first-order valence-electron chi connectivity index (χ1n) is 12.6. The molecule has 0 saturated heterocycles. The second kappa shape index (κ2) is 14.2. The molecular weight excluding hydrogens is 681 g/mol. The van der Waals surface area contributed by atoms with Crippen molar-refractivity contribution in [3.8, 4) is 40.5 Å². The molecular formula is C28H18N4O12S3. The van der Waals surface area contributed by atoms with E-state index >= 15 is 0 Å². The highest BCUT2D eigenvalue weighted by atomic mass is 32.3. The van der Waals surface area contributed by atoms with Crippen LogP contribution in [0.5, 0.6) is 17.2 Å². The number of nitriles is 2. The second-order valence-corrected chi connectivity index (χ2v) is 12.0. The van der Waals surface area contributed by atoms with Crippen LogP contribution in [0.2, 0.25) is 0 Å². The summed E-state index contributed by atoms with van der Waals surface area (Å²) < 4.78 is 77.8. The number of aromatic nitrogens is 1. The van der Waals surface area contributed by atoms with E-state index in [1.165, 1.54) is 24.3 Å². The minimum atomic E-state index is -5.35. The third-order valence-corrected chi connectivity index (χ3v) is 7.68. The molecule has 1 aromatic heterocycles. The topological polar surface area (TPSA) is 257 Å². The molecule has 0 amide bonds. The predicted octanol–water partition coefficient (Wildman–Crippen LogP) is 4.32. The summed E-state index contributed by atoms with van der Waals surface area (Å²) in [6, 6.07) is 21.6. The number of hydrogen-bond acceptors (Lipinski definition) is 14. The van der Waals surface area contributed by atoms with Gasteiger partial charge in [0.1, 0.15) is 30.1 Å². The monoisotopic (exact) mass is 698 g/mol. The highest BCUT2D eigenvalue weighted by Crippen LogP contribution is 2.39. The van der Waals surface area contributed by atoms with Crippen LogP contribution in [0.1, 0.15) is 27.0 Å². The van der Waals surface area contributed by atoms with Crippen LogP contribution in [0.15, 0.2) is 77.8 Å². The predicted molar refractivity (Wildman–Crippen MR) is 162 cm³/mol. The lowest BCUT2D eigenvalue weighted by atomic mass is 9.97. The molecule has 0 bridgehead atoms. The zero-order valence-electron chi connectivity index (χ0n) is 23.3. The number of nitrogens with zero attached hydrogens (tertiary/aromatic N) is 4. The van der Waals surface area contributed by atoms with Crippen LogP contribution < -0.4 is 13.1 Å². The molecule has 0 unspecified atom stereocenters. The number of pyridine rings is 1. The van der Waals surface area contributed by atoms with E-state index in [1.54, 1.807) is 6.07 Å². The first kappa shape index (κ1) is 34.3. The smallest absolute Gasteiger partial charge is 0.446 e. The number of rotatable bonds is 13. The van der Waals surface area contributed by atoms with Crippen molar-refractivity contribution >= 4 is 44.2 Å². The summed E-state index contributed by atoms with van der Waals surface area (Å²) in [5.74, 6) is -4.32. The number of carbonyl (C=O) groups excluding carboxylic acids is 1. The van der Waals surface area contributed by atoms with Gasteiger partial charge in [0.15, 0.2) is 22.8 Å². The quantitative estimate of drug-likeness (QED) is 0.0647. The molecule has 1 heterocycles. The van der Waals surface area contributed by atoms with Crippen molar-refractivity contribution in [3.05, 3.63) is 105 Å². The fourth-order valence-corrected chi connectivity index (χ4v) is 5.67. The number of carbonyl (C=O) groups is 1. The molecule has 0 fully saturated rings. The van der Waals surface area contributed by atoms with Crippen molar-refractivity contribution in [1.82, 2.24) is 4.98 Å². The van der Waals surface area contributed by atoms with Crippen molar-refractivity contribution in [2.75, 3.05) is 5.75 Å². The third kappa shape index (κ3) is 8.79. The average molecular weight is 699 g/mol. The van der Waals surface area contributed by atoms with Gasteiger partial charge in [-0.2, -0.15) is 27.4 Å². The summed E-state index contributed by atoms with van der Waals surface area (Å²) in [5, 5.41) is 31.5. The molecule has 0 aliphatic carbocycles. The number of benzene rings is 3. The Balaban J connectivity index is 1.72. The Morgan fingerprint density at radius 2 is 1.53 bits per heavy atom. The fraction of sp³-hybridized carbons (Fsp3) is 0.0714. The highest BCUT2D eigenvalue weighted by molar-refractivity contribution is 8.00. The molecule has 4 rings (SSSR count). The van der Waals surface area contributed by atoms with Crippen LogP contribution >= 0.6 is 11.8 Å². The molecule has 3 aromatic carbocycles. The van der Waals surface area contributed by atoms with Crippen molar-refractivity contribution in [2.45, 2.75) is 11.6 Å². The summed E-state index contributed by atoms with van der Waals surface area (Å²) >= 11 is 0.491. The van der Waals surface area contributed by atoms with Gasteiger partial charge in [0.2, 0.25) is 5.03 Å². The molecule has 0 spiro atoms. The van der Waals surface area contributed by atoms with Gasteiger partial charge in [-0.15, -0.1) is 0 Å². The summed E-state index contributed by atoms with van der Waals surface area (Å²) in [6.07, 6.45) is 0. The molecule has 0 radical (unpaired) electrons. The lowest BCUT2D eigenvalue weighted by molar-refractivity contribution is -0.390. The Morgan fingerprint density at radius 1 is 0.894 bits per heavy atom. The number of ketones is 1. The summed E-state index contributed by atoms with van der Waals surface area (Å²) in [6.45, 7) is 0.241. The number of Topliss-reactive ketones (excluding diaryl/α,β-unsaturated/α-hetero) is 1. The van der Waals surface area contributed by atoms with Gasteiger partial charge in [0.25, 0.3) is 0 Å². The van der Waals surface area contributed by atoms with Gasteiger partial charge >= 0.3 is 26.6 Å². The lowest BCUT2D eigenvalue weighted by Gasteiger charge is -2.13. The lowest BCUT2D eigenvalue weighted by Crippen LogP contribution is -2.15. The average Bonchev–Trinajstić information content (AvgIpc) is 3.02. The van der Waals surface area contributed by atoms with Gasteiger partial charge in [-0.05, 0) is 45.3 Å². The molecule has 4 aromatic rings. The van der Waals surface area contributed by atoms with E-state index in [1.807, 2.05) is 36.4 Å². The Bertz CT molecular complexity index is 2160. The van der Waals surface area contributed by atoms with E-state index < -0.39 is 65.7 Å². The maximum Gasteiger partial charge on any atom is 0.446 e. The summed E-state index contributed by atoms with van der Waals surface area (Å²) in [7, 11) is -10.6. The van der Waals surface area contributed by atoms with Gasteiger partial charge in [-0.25, -0.2) is 0 Å². The Hall–Kier alpha value is -5.57. The van der Waals surface area contributed by atoms with Crippen LogP contribution in [0.4, 0.5) is 5.82 Å². The number of hydrogen-bond donors (Lipinski definition) is 2. The Kier molecular flexibility index (Phi) is 10.4. The maximum absolute atomic E-state index is 13.2. The first-order valence-corrected chi connectivity index (χ1v) is 16.3. The van der Waals surface area contributed by atoms with E-state index in [2.05, 4.69) is 13.4 Å². The van der Waals surface area contributed by atoms with E-state index in [9.17, 15) is 42.3 Å². The molecule has 0 aliphatic rings. The molecule has 0 atom stereocenters. The van der Waals surface area contributed by atoms with E-state index in [0.717, 1.165) is 23.8 Å². The van der Waals surface area contributed by atoms with Crippen molar-refractivity contribution < 1.29 is 48.8 Å². The highest BCUT2D eigenvalue weighted by Gasteiger charge is 2.31. The zero-order valence-corrected chi connectivity index (χ0v) is 25.8. The molecule has 16 nitrogen and oxygen atoms in total. The fourth-order valence-electron chi connectivity index (χ4n) is 4.06. The molecule has 47 heavy (non-hydrogen) atoms. The largest absolute Gasteiger partial charge is 0.489 e. The molecule has 0 saturated carbocycles. The zero-order chi connectivity index (χ0) is 34.4. The third-order valence-electron chi connectivity index (χ3n) is 5.94. The molecule has 0 aliphatic heterocycles. The van der Waals surface area contributed by atoms with E-state index in [0.29, 0.717) is 17.5 Å². The van der Waals surface area contributed by atoms with Gasteiger partial charge in [0.05, 0.1) is 11.3 Å². The van der Waals surface area contributed by atoms with Crippen LogP contribution in [0, 0.1) is 32.8 Å². The SMILES string of the molecule is N#Cc1c(SCC(=O)c2cccc(OS(=O)(=O)O)c2OS(=O)(=O)O)nc([N+](=O)[O-])c(C#N)c1-c1ccc(OCc2ccccc2)cc1. The molecule has 240 valence electrons. The first-order chi connectivity index (χ1) is 22.2. The minimum absolute atomic E-state index is 0.153. The standard InChI is InChI=1S/C28H18N4O12S3/c29-13-21-25(18-9-11-19(12-10-18)42-15-17-5-2-1-3-6-17)22(14-30)28(31-27(21)32(34)35)45-16-23(33)20-7-4-8-24(43-46(36,37)38)26(20)44-47(39,40)41/h1-12H,15-16H2,(H,36,37,38)(H,39,40,41). The van der Waals surface area contributed by atoms with E-state index in [4.69, 9.17) is 13.8 Å². The number of nitro groups is 1. The van der Waals surface area contributed by atoms with Crippen LogP contribution in [0.25, 0.3) is 11.1 Å². The second-order valence-electron chi connectivity index (χ2n) is 9.01. The van der Waals surface area contributed by atoms with Crippen LogP contribution in [-0.2, 0) is 27.4 Å². The van der Waals surface area contributed by atoms with Gasteiger partial charge in [-0.1, -0.05) is 60.3 Å². The van der Waals surface area contributed by atoms with Crippen LogP contribution in [-0.4, -0.2) is 47.4 Å².